The van der Waals surface area contributed by atoms with Crippen molar-refractivity contribution >= 4 is 21.6 Å². The van der Waals surface area contributed by atoms with Crippen LogP contribution in [0, 0.1) is 6.92 Å². The second-order valence-corrected chi connectivity index (χ2v) is 5.26. The van der Waals surface area contributed by atoms with E-state index in [4.69, 9.17) is 4.74 Å². The van der Waals surface area contributed by atoms with Gasteiger partial charge in [-0.2, -0.15) is 0 Å². The van der Waals surface area contributed by atoms with Crippen molar-refractivity contribution in [2.24, 2.45) is 0 Å². The number of aromatic nitrogens is 1. The van der Waals surface area contributed by atoms with Gasteiger partial charge in [0.25, 0.3) is 0 Å². The van der Waals surface area contributed by atoms with Crippen molar-refractivity contribution in [1.82, 2.24) is 4.98 Å². The van der Waals surface area contributed by atoms with Crippen molar-refractivity contribution in [3.05, 3.63) is 46.7 Å². The maximum atomic E-state index is 5.86. The summed E-state index contributed by atoms with van der Waals surface area (Å²) in [5.74, 6) is 1.59. The Morgan fingerprint density at radius 2 is 2.11 bits per heavy atom. The fourth-order valence-corrected chi connectivity index (χ4v) is 2.17. The van der Waals surface area contributed by atoms with Gasteiger partial charge in [-0.15, -0.1) is 0 Å². The Hall–Kier alpha value is -1.55. The third kappa shape index (κ3) is 3.96. The van der Waals surface area contributed by atoms with Crippen molar-refractivity contribution in [3.63, 3.8) is 0 Å². The van der Waals surface area contributed by atoms with E-state index in [1.165, 1.54) is 0 Å². The number of anilines is 1. The third-order valence-corrected chi connectivity index (χ3v) is 3.15. The minimum atomic E-state index is 0.742. The molecule has 3 nitrogen and oxygen atoms in total. The first-order chi connectivity index (χ1) is 9.19. The van der Waals surface area contributed by atoms with Crippen molar-refractivity contribution in [3.8, 4) is 11.5 Å². The molecule has 0 unspecified atom stereocenters. The average Bonchev–Trinajstić information content (AvgIpc) is 2.40. The van der Waals surface area contributed by atoms with E-state index in [0.29, 0.717) is 0 Å². The lowest BCUT2D eigenvalue weighted by molar-refractivity contribution is 0.476. The Labute approximate surface area is 122 Å². The first kappa shape index (κ1) is 13.9. The molecule has 1 N–H and O–H groups in total. The molecule has 0 spiro atoms. The second-order valence-electron chi connectivity index (χ2n) is 4.35. The molecule has 0 amide bonds. The van der Waals surface area contributed by atoms with Crippen LogP contribution in [0.25, 0.3) is 0 Å². The molecule has 100 valence electrons. The van der Waals surface area contributed by atoms with Gasteiger partial charge in [0.2, 0.25) is 0 Å². The Morgan fingerprint density at radius 3 is 2.84 bits per heavy atom. The van der Waals surface area contributed by atoms with Gasteiger partial charge in [-0.3, -0.25) is 4.98 Å². The number of rotatable bonds is 5. The molecule has 0 saturated carbocycles. The quantitative estimate of drug-likeness (QED) is 0.861. The number of aryl methyl sites for hydroxylation is 1. The third-order valence-electron chi connectivity index (χ3n) is 2.66. The number of ether oxygens (including phenoxy) is 1. The van der Waals surface area contributed by atoms with Gasteiger partial charge >= 0.3 is 0 Å². The molecule has 0 aliphatic heterocycles. The summed E-state index contributed by atoms with van der Waals surface area (Å²) in [6.45, 7) is 5.08. The minimum Gasteiger partial charge on any atom is -0.455 e. The van der Waals surface area contributed by atoms with E-state index in [1.807, 2.05) is 31.2 Å². The number of hydrogen-bond donors (Lipinski definition) is 1. The predicted octanol–water partition coefficient (Wildman–Crippen LogP) is 4.77. The molecule has 4 heteroatoms. The van der Waals surface area contributed by atoms with Gasteiger partial charge in [-0.05, 0) is 37.1 Å². The highest BCUT2D eigenvalue weighted by Gasteiger charge is 2.03. The van der Waals surface area contributed by atoms with E-state index in [2.05, 4.69) is 33.2 Å². The van der Waals surface area contributed by atoms with E-state index in [9.17, 15) is 0 Å². The second kappa shape index (κ2) is 6.57. The zero-order chi connectivity index (χ0) is 13.7. The average molecular weight is 321 g/mol. The van der Waals surface area contributed by atoms with E-state index in [1.54, 1.807) is 12.4 Å². The number of benzene rings is 1. The maximum Gasteiger partial charge on any atom is 0.147 e. The lowest BCUT2D eigenvalue weighted by Crippen LogP contribution is -2.00. The Kier molecular flexibility index (Phi) is 4.80. The number of pyridine rings is 1. The minimum absolute atomic E-state index is 0.742. The molecule has 0 bridgehead atoms. The van der Waals surface area contributed by atoms with Crippen LogP contribution in [-0.4, -0.2) is 11.5 Å². The van der Waals surface area contributed by atoms with Crippen LogP contribution in [0.5, 0.6) is 11.5 Å². The Balaban J connectivity index is 2.14. The smallest absolute Gasteiger partial charge is 0.147 e. The van der Waals surface area contributed by atoms with Crippen molar-refractivity contribution in [1.29, 1.82) is 0 Å². The Morgan fingerprint density at radius 1 is 1.26 bits per heavy atom. The van der Waals surface area contributed by atoms with Gasteiger partial charge in [0.1, 0.15) is 11.5 Å². The molecule has 0 radical (unpaired) electrons. The number of hydrogen-bond acceptors (Lipinski definition) is 3. The van der Waals surface area contributed by atoms with Gasteiger partial charge in [-0.25, -0.2) is 0 Å². The molecule has 0 saturated heterocycles. The Bertz CT molecular complexity index is 558. The summed E-state index contributed by atoms with van der Waals surface area (Å²) in [4.78, 5) is 4.18. The van der Waals surface area contributed by atoms with Crippen LogP contribution in [0.4, 0.5) is 5.69 Å². The molecular weight excluding hydrogens is 304 g/mol. The molecule has 1 aromatic heterocycles. The predicted molar refractivity (Wildman–Crippen MR) is 82.0 cm³/mol. The SMILES string of the molecule is CCCNc1cncc(Oc2ccc(Br)cc2C)c1. The maximum absolute atomic E-state index is 5.86. The van der Waals surface area contributed by atoms with Gasteiger partial charge in [0.05, 0.1) is 18.1 Å². The molecule has 1 heterocycles. The summed E-state index contributed by atoms with van der Waals surface area (Å²) in [7, 11) is 0. The monoisotopic (exact) mass is 320 g/mol. The molecule has 0 aliphatic carbocycles. The van der Waals surface area contributed by atoms with Crippen LogP contribution in [0.2, 0.25) is 0 Å². The van der Waals surface area contributed by atoms with Crippen LogP contribution in [-0.2, 0) is 0 Å². The molecule has 2 aromatic rings. The molecule has 0 atom stereocenters. The summed E-state index contributed by atoms with van der Waals surface area (Å²) in [5.41, 5.74) is 2.07. The van der Waals surface area contributed by atoms with Gasteiger partial charge in [0.15, 0.2) is 0 Å². The van der Waals surface area contributed by atoms with Gasteiger partial charge in [-0.1, -0.05) is 22.9 Å². The van der Waals surface area contributed by atoms with Crippen LogP contribution in [0.3, 0.4) is 0 Å². The first-order valence-corrected chi connectivity index (χ1v) is 7.11. The summed E-state index contributed by atoms with van der Waals surface area (Å²) >= 11 is 3.44. The summed E-state index contributed by atoms with van der Waals surface area (Å²) in [6, 6.07) is 7.91. The lowest BCUT2D eigenvalue weighted by atomic mass is 10.2. The van der Waals surface area contributed by atoms with Gasteiger partial charge in [0, 0.05) is 17.1 Å². The summed E-state index contributed by atoms with van der Waals surface area (Å²) in [6.07, 6.45) is 4.60. The zero-order valence-corrected chi connectivity index (χ0v) is 12.7. The van der Waals surface area contributed by atoms with Crippen LogP contribution in [0.1, 0.15) is 18.9 Å². The normalized spacial score (nSPS) is 10.3. The highest BCUT2D eigenvalue weighted by atomic mass is 79.9. The fourth-order valence-electron chi connectivity index (χ4n) is 1.69. The number of nitrogens with one attached hydrogen (secondary N) is 1. The standard InChI is InChI=1S/C15H17BrN2O/c1-3-6-18-13-8-14(10-17-9-13)19-15-5-4-12(16)7-11(15)2/h4-5,7-10,18H,3,6H2,1-2H3. The van der Waals surface area contributed by atoms with Crippen LogP contribution >= 0.6 is 15.9 Å². The van der Waals surface area contributed by atoms with E-state index in [-0.39, 0.29) is 0 Å². The zero-order valence-electron chi connectivity index (χ0n) is 11.1. The van der Waals surface area contributed by atoms with Crippen LogP contribution < -0.4 is 10.1 Å². The number of halogens is 1. The summed E-state index contributed by atoms with van der Waals surface area (Å²) < 4.78 is 6.91. The fraction of sp³-hybridized carbons (Fsp3) is 0.267. The van der Waals surface area contributed by atoms with E-state index in [0.717, 1.165) is 40.2 Å². The van der Waals surface area contributed by atoms with Crippen molar-refractivity contribution < 1.29 is 4.74 Å². The highest BCUT2D eigenvalue weighted by molar-refractivity contribution is 9.10. The van der Waals surface area contributed by atoms with Crippen molar-refractivity contribution in [2.45, 2.75) is 20.3 Å². The van der Waals surface area contributed by atoms with Gasteiger partial charge < -0.3 is 10.1 Å². The molecule has 0 aliphatic rings. The molecule has 0 fully saturated rings. The summed E-state index contributed by atoms with van der Waals surface area (Å²) in [5, 5.41) is 3.29. The largest absolute Gasteiger partial charge is 0.455 e. The lowest BCUT2D eigenvalue weighted by Gasteiger charge is -2.10. The topological polar surface area (TPSA) is 34.2 Å². The van der Waals surface area contributed by atoms with E-state index < -0.39 is 0 Å². The van der Waals surface area contributed by atoms with Crippen LogP contribution in [0.15, 0.2) is 41.1 Å². The van der Waals surface area contributed by atoms with E-state index >= 15 is 0 Å². The number of nitrogens with zero attached hydrogens (tertiary/aromatic N) is 1. The first-order valence-electron chi connectivity index (χ1n) is 6.32. The highest BCUT2D eigenvalue weighted by Crippen LogP contribution is 2.28. The van der Waals surface area contributed by atoms with Crippen molar-refractivity contribution in [2.75, 3.05) is 11.9 Å². The molecular formula is C15H17BrN2O. The molecule has 2 rings (SSSR count). The molecule has 19 heavy (non-hydrogen) atoms. The molecule has 1 aromatic carbocycles.